The van der Waals surface area contributed by atoms with E-state index >= 15 is 0 Å². The Kier molecular flexibility index (Phi) is 6.75. The number of hydrogen-bond acceptors (Lipinski definition) is 4. The Morgan fingerprint density at radius 2 is 2.04 bits per heavy atom. The number of nitrogens with two attached hydrogens (primary N) is 1. The van der Waals surface area contributed by atoms with Gasteiger partial charge in [0.05, 0.1) is 18.5 Å². The van der Waals surface area contributed by atoms with E-state index in [1.807, 2.05) is 30.3 Å². The summed E-state index contributed by atoms with van der Waals surface area (Å²) in [6.07, 6.45) is 1.60. The van der Waals surface area contributed by atoms with Gasteiger partial charge in [0.1, 0.15) is 5.67 Å². The van der Waals surface area contributed by atoms with Gasteiger partial charge < -0.3 is 16.2 Å². The molecule has 0 saturated heterocycles. The summed E-state index contributed by atoms with van der Waals surface area (Å²) in [7, 11) is 0. The SMILES string of the molecule is CC(C)(F)CCC(CC(O)C(N)Cc1ccccc1)C1=NCCN1. The lowest BCUT2D eigenvalue weighted by Crippen LogP contribution is -2.40. The fourth-order valence-corrected chi connectivity index (χ4v) is 3.06. The van der Waals surface area contributed by atoms with Gasteiger partial charge in [0, 0.05) is 18.5 Å². The molecule has 5 heteroatoms. The fourth-order valence-electron chi connectivity index (χ4n) is 3.06. The monoisotopic (exact) mass is 335 g/mol. The van der Waals surface area contributed by atoms with Gasteiger partial charge in [-0.15, -0.1) is 0 Å². The molecule has 0 spiro atoms. The predicted octanol–water partition coefficient (Wildman–Crippen LogP) is 2.45. The molecule has 4 N–H and O–H groups in total. The molecule has 24 heavy (non-hydrogen) atoms. The van der Waals surface area contributed by atoms with Crippen molar-refractivity contribution in [1.82, 2.24) is 5.32 Å². The molecular formula is C19H30FN3O. The smallest absolute Gasteiger partial charge is 0.105 e. The third-order valence-corrected chi connectivity index (χ3v) is 4.51. The van der Waals surface area contributed by atoms with Crippen molar-refractivity contribution >= 4 is 5.84 Å². The zero-order chi connectivity index (χ0) is 17.6. The van der Waals surface area contributed by atoms with E-state index in [0.29, 0.717) is 25.7 Å². The van der Waals surface area contributed by atoms with Gasteiger partial charge in [-0.2, -0.15) is 0 Å². The molecule has 4 nitrogen and oxygen atoms in total. The number of aliphatic hydroxyl groups excluding tert-OH is 1. The minimum atomic E-state index is -1.21. The molecule has 1 aliphatic rings. The molecule has 1 aliphatic heterocycles. The first-order valence-electron chi connectivity index (χ1n) is 8.80. The van der Waals surface area contributed by atoms with Gasteiger partial charge in [0.25, 0.3) is 0 Å². The molecule has 0 amide bonds. The van der Waals surface area contributed by atoms with Crippen LogP contribution in [0.2, 0.25) is 0 Å². The molecule has 1 heterocycles. The second-order valence-corrected chi connectivity index (χ2v) is 7.30. The van der Waals surface area contributed by atoms with Crippen molar-refractivity contribution in [2.24, 2.45) is 16.6 Å². The van der Waals surface area contributed by atoms with Crippen molar-refractivity contribution in [3.05, 3.63) is 35.9 Å². The van der Waals surface area contributed by atoms with Gasteiger partial charge in [-0.1, -0.05) is 30.3 Å². The van der Waals surface area contributed by atoms with Crippen LogP contribution in [0.1, 0.15) is 38.7 Å². The minimum Gasteiger partial charge on any atom is -0.391 e. The van der Waals surface area contributed by atoms with Crippen molar-refractivity contribution in [3.63, 3.8) is 0 Å². The van der Waals surface area contributed by atoms with E-state index in [-0.39, 0.29) is 12.0 Å². The first kappa shape index (κ1) is 18.9. The first-order chi connectivity index (χ1) is 11.3. The highest BCUT2D eigenvalue weighted by Gasteiger charge is 2.27. The van der Waals surface area contributed by atoms with Crippen LogP contribution in [-0.4, -0.2) is 41.8 Å². The number of alkyl halides is 1. The third-order valence-electron chi connectivity index (χ3n) is 4.51. The Labute approximate surface area is 144 Å². The summed E-state index contributed by atoms with van der Waals surface area (Å²) in [5.41, 5.74) is 6.09. The number of aliphatic hydroxyl groups is 1. The van der Waals surface area contributed by atoms with E-state index in [2.05, 4.69) is 10.3 Å². The topological polar surface area (TPSA) is 70.6 Å². The number of nitrogens with one attached hydrogen (secondary N) is 1. The molecule has 0 fully saturated rings. The second-order valence-electron chi connectivity index (χ2n) is 7.30. The Morgan fingerprint density at radius 1 is 1.33 bits per heavy atom. The van der Waals surface area contributed by atoms with E-state index in [1.165, 1.54) is 0 Å². The van der Waals surface area contributed by atoms with E-state index in [4.69, 9.17) is 5.73 Å². The zero-order valence-corrected chi connectivity index (χ0v) is 14.7. The van der Waals surface area contributed by atoms with Crippen LogP contribution in [0.25, 0.3) is 0 Å². The van der Waals surface area contributed by atoms with Crippen molar-refractivity contribution in [1.29, 1.82) is 0 Å². The number of aliphatic imine (C=N–C) groups is 1. The number of halogens is 1. The van der Waals surface area contributed by atoms with Crippen LogP contribution in [0.4, 0.5) is 4.39 Å². The maximum atomic E-state index is 13.9. The Bertz CT molecular complexity index is 527. The molecule has 0 aromatic heterocycles. The van der Waals surface area contributed by atoms with Crippen LogP contribution in [0.15, 0.2) is 35.3 Å². The normalized spacial score (nSPS) is 18.6. The molecule has 1 aromatic carbocycles. The minimum absolute atomic E-state index is 0.0272. The summed E-state index contributed by atoms with van der Waals surface area (Å²) in [5.74, 6) is 0.921. The van der Waals surface area contributed by atoms with Crippen LogP contribution >= 0.6 is 0 Å². The molecule has 3 atom stereocenters. The molecule has 134 valence electrons. The van der Waals surface area contributed by atoms with Gasteiger partial charge in [-0.05, 0) is 45.1 Å². The average molecular weight is 335 g/mol. The second kappa shape index (κ2) is 8.58. The van der Waals surface area contributed by atoms with Crippen molar-refractivity contribution in [3.8, 4) is 0 Å². The lowest BCUT2D eigenvalue weighted by Gasteiger charge is -2.26. The van der Waals surface area contributed by atoms with Crippen LogP contribution in [-0.2, 0) is 6.42 Å². The molecule has 0 saturated carbocycles. The van der Waals surface area contributed by atoms with E-state index in [0.717, 1.165) is 24.5 Å². The van der Waals surface area contributed by atoms with E-state index in [9.17, 15) is 9.50 Å². The molecule has 2 rings (SSSR count). The van der Waals surface area contributed by atoms with Gasteiger partial charge in [0.15, 0.2) is 0 Å². The number of benzene rings is 1. The van der Waals surface area contributed by atoms with Crippen LogP contribution in [0.3, 0.4) is 0 Å². The van der Waals surface area contributed by atoms with Crippen molar-refractivity contribution < 1.29 is 9.50 Å². The fraction of sp³-hybridized carbons (Fsp3) is 0.632. The number of amidine groups is 1. The maximum Gasteiger partial charge on any atom is 0.105 e. The number of rotatable bonds is 9. The van der Waals surface area contributed by atoms with Crippen molar-refractivity contribution in [2.45, 2.75) is 57.3 Å². The summed E-state index contributed by atoms with van der Waals surface area (Å²) >= 11 is 0. The van der Waals surface area contributed by atoms with E-state index in [1.54, 1.807) is 13.8 Å². The third kappa shape index (κ3) is 6.21. The number of hydrogen-bond donors (Lipinski definition) is 3. The Balaban J connectivity index is 1.94. The van der Waals surface area contributed by atoms with Gasteiger partial charge >= 0.3 is 0 Å². The van der Waals surface area contributed by atoms with Gasteiger partial charge in [-0.25, -0.2) is 4.39 Å². The molecule has 3 unspecified atom stereocenters. The summed E-state index contributed by atoms with van der Waals surface area (Å²) in [4.78, 5) is 4.46. The molecule has 0 bridgehead atoms. The average Bonchev–Trinajstić information content (AvgIpc) is 3.05. The molecule has 0 radical (unpaired) electrons. The van der Waals surface area contributed by atoms with Crippen LogP contribution in [0, 0.1) is 5.92 Å². The number of nitrogens with zero attached hydrogens (tertiary/aromatic N) is 1. The summed E-state index contributed by atoms with van der Waals surface area (Å²) in [6, 6.07) is 9.59. The molecule has 1 aromatic rings. The van der Waals surface area contributed by atoms with E-state index < -0.39 is 11.8 Å². The standard InChI is InChI=1S/C19H30FN3O/c1-19(2,20)9-8-15(18-22-10-11-23-18)13-17(24)16(21)12-14-6-4-3-5-7-14/h3-7,15-17,24H,8-13,21H2,1-2H3,(H,22,23). The lowest BCUT2D eigenvalue weighted by atomic mass is 9.88. The highest BCUT2D eigenvalue weighted by molar-refractivity contribution is 5.85. The van der Waals surface area contributed by atoms with Crippen molar-refractivity contribution in [2.75, 3.05) is 13.1 Å². The Hall–Kier alpha value is -1.46. The zero-order valence-electron chi connectivity index (χ0n) is 14.7. The van der Waals surface area contributed by atoms with Crippen LogP contribution in [0.5, 0.6) is 0 Å². The van der Waals surface area contributed by atoms with Gasteiger partial charge in [-0.3, -0.25) is 4.99 Å². The first-order valence-corrected chi connectivity index (χ1v) is 8.80. The van der Waals surface area contributed by atoms with Crippen LogP contribution < -0.4 is 11.1 Å². The quantitative estimate of drug-likeness (QED) is 0.649. The van der Waals surface area contributed by atoms with Gasteiger partial charge in [0.2, 0.25) is 0 Å². The molecule has 0 aliphatic carbocycles. The summed E-state index contributed by atoms with van der Waals surface area (Å²) < 4.78 is 13.9. The Morgan fingerprint density at radius 3 is 2.62 bits per heavy atom. The highest BCUT2D eigenvalue weighted by Crippen LogP contribution is 2.25. The largest absolute Gasteiger partial charge is 0.391 e. The lowest BCUT2D eigenvalue weighted by molar-refractivity contribution is 0.117. The maximum absolute atomic E-state index is 13.9. The summed E-state index contributed by atoms with van der Waals surface area (Å²) in [5, 5.41) is 13.8. The summed E-state index contributed by atoms with van der Waals surface area (Å²) in [6.45, 7) is 4.74. The predicted molar refractivity (Wildman–Crippen MR) is 97.0 cm³/mol. The molecular weight excluding hydrogens is 305 g/mol. The highest BCUT2D eigenvalue weighted by atomic mass is 19.1.